The first-order chi connectivity index (χ1) is 8.77. The van der Waals surface area contributed by atoms with E-state index in [9.17, 15) is 5.21 Å². The van der Waals surface area contributed by atoms with Crippen LogP contribution in [0.4, 0.5) is 0 Å². The third kappa shape index (κ3) is 2.28. The minimum Gasteiger partial charge on any atom is -0.633 e. The van der Waals surface area contributed by atoms with E-state index >= 15 is 0 Å². The second-order valence-electron chi connectivity index (χ2n) is 5.40. The maximum Gasteiger partial charge on any atom is 0.0825 e. The van der Waals surface area contributed by atoms with Crippen molar-refractivity contribution in [3.05, 3.63) is 41.2 Å². The number of piperidine rings is 1. The van der Waals surface area contributed by atoms with E-state index < -0.39 is 0 Å². The number of quaternary nitrogens is 1. The van der Waals surface area contributed by atoms with Crippen molar-refractivity contribution >= 4 is 10.9 Å². The number of hydrogen-bond acceptors (Lipinski definition) is 1. The van der Waals surface area contributed by atoms with Gasteiger partial charge in [0.15, 0.2) is 0 Å². The second-order valence-corrected chi connectivity index (χ2v) is 5.40. The highest BCUT2D eigenvalue weighted by Crippen LogP contribution is 2.22. The topological polar surface area (TPSA) is 38.8 Å². The first-order valence-electron chi connectivity index (χ1n) is 6.89. The number of hydrogen-bond donors (Lipinski definition) is 1. The fourth-order valence-electron chi connectivity index (χ4n) is 2.97. The normalized spacial score (nSPS) is 19.2. The first-order valence-corrected chi connectivity index (χ1v) is 6.89. The highest BCUT2D eigenvalue weighted by Gasteiger charge is 2.20. The van der Waals surface area contributed by atoms with E-state index in [1.807, 2.05) is 6.07 Å². The first kappa shape index (κ1) is 11.8. The minimum absolute atomic E-state index is 0.0134. The van der Waals surface area contributed by atoms with Crippen LogP contribution in [0.1, 0.15) is 24.8 Å². The van der Waals surface area contributed by atoms with Gasteiger partial charge in [-0.15, -0.1) is 0 Å². The molecule has 1 aliphatic rings. The molecular formula is C15H20N2O. The summed E-state index contributed by atoms with van der Waals surface area (Å²) in [5, 5.41) is 13.7. The molecule has 3 nitrogen and oxygen atoms in total. The Balaban J connectivity index is 1.73. The van der Waals surface area contributed by atoms with Crippen LogP contribution >= 0.6 is 0 Å². The Morgan fingerprint density at radius 3 is 2.72 bits per heavy atom. The van der Waals surface area contributed by atoms with Gasteiger partial charge in [-0.3, -0.25) is 0 Å². The molecular weight excluding hydrogens is 224 g/mol. The minimum atomic E-state index is 0.0134. The third-order valence-electron chi connectivity index (χ3n) is 4.09. The smallest absolute Gasteiger partial charge is 0.0825 e. The van der Waals surface area contributed by atoms with Crippen LogP contribution in [0.3, 0.4) is 0 Å². The van der Waals surface area contributed by atoms with E-state index in [0.29, 0.717) is 0 Å². The number of aromatic amines is 1. The molecule has 0 bridgehead atoms. The van der Waals surface area contributed by atoms with Crippen molar-refractivity contribution in [2.75, 3.05) is 19.6 Å². The number of para-hydroxylation sites is 1. The predicted octanol–water partition coefficient (Wildman–Crippen LogP) is 3.21. The summed E-state index contributed by atoms with van der Waals surface area (Å²) < 4.78 is 0.0134. The van der Waals surface area contributed by atoms with Gasteiger partial charge in [0.1, 0.15) is 0 Å². The summed E-state index contributed by atoms with van der Waals surface area (Å²) in [6.45, 7) is 2.34. The summed E-state index contributed by atoms with van der Waals surface area (Å²) in [4.78, 5) is 3.28. The average molecular weight is 244 g/mol. The molecule has 1 aromatic carbocycles. The molecule has 0 saturated carbocycles. The van der Waals surface area contributed by atoms with Gasteiger partial charge in [0, 0.05) is 23.5 Å². The number of likely N-dealkylation sites (tertiary alicyclic amines) is 1. The van der Waals surface area contributed by atoms with Gasteiger partial charge in [0.25, 0.3) is 0 Å². The number of nitrogens with zero attached hydrogens (tertiary/aromatic N) is 1. The summed E-state index contributed by atoms with van der Waals surface area (Å²) in [6, 6.07) is 8.31. The van der Waals surface area contributed by atoms with Gasteiger partial charge in [-0.2, -0.15) is 0 Å². The number of H-pyrrole nitrogens is 1. The van der Waals surface area contributed by atoms with Crippen LogP contribution in [-0.2, 0) is 6.42 Å². The van der Waals surface area contributed by atoms with Crippen LogP contribution in [0.15, 0.2) is 30.5 Å². The zero-order chi connectivity index (χ0) is 12.4. The van der Waals surface area contributed by atoms with Crippen molar-refractivity contribution in [1.29, 1.82) is 0 Å². The van der Waals surface area contributed by atoms with Gasteiger partial charge in [0.2, 0.25) is 0 Å². The number of fused-ring (bicyclic) bond motifs is 1. The van der Waals surface area contributed by atoms with E-state index in [2.05, 4.69) is 29.4 Å². The Bertz CT molecular complexity index is 526. The van der Waals surface area contributed by atoms with Crippen molar-refractivity contribution < 1.29 is 4.65 Å². The van der Waals surface area contributed by atoms with Gasteiger partial charge in [-0.1, -0.05) is 18.2 Å². The Morgan fingerprint density at radius 1 is 1.11 bits per heavy atom. The van der Waals surface area contributed by atoms with Crippen LogP contribution < -0.4 is 0 Å². The highest BCUT2D eigenvalue weighted by molar-refractivity contribution is 5.82. The molecule has 1 aliphatic heterocycles. The fourth-order valence-corrected chi connectivity index (χ4v) is 2.97. The largest absolute Gasteiger partial charge is 0.633 e. The molecule has 0 atom stereocenters. The zero-order valence-electron chi connectivity index (χ0n) is 10.7. The molecule has 1 N–H and O–H groups in total. The molecule has 0 spiro atoms. The maximum atomic E-state index is 12.5. The van der Waals surface area contributed by atoms with Crippen LogP contribution in [0.5, 0.6) is 0 Å². The monoisotopic (exact) mass is 244 g/mol. The van der Waals surface area contributed by atoms with Crippen LogP contribution in [0, 0.1) is 5.21 Å². The molecule has 96 valence electrons. The summed E-state index contributed by atoms with van der Waals surface area (Å²) in [7, 11) is 0. The lowest BCUT2D eigenvalue weighted by Crippen LogP contribution is -2.47. The number of benzene rings is 1. The summed E-state index contributed by atoms with van der Waals surface area (Å²) in [5.74, 6) is 0. The van der Waals surface area contributed by atoms with Gasteiger partial charge < -0.3 is 14.8 Å². The van der Waals surface area contributed by atoms with E-state index in [1.165, 1.54) is 22.9 Å². The quantitative estimate of drug-likeness (QED) is 0.653. The third-order valence-corrected chi connectivity index (χ3v) is 4.09. The predicted molar refractivity (Wildman–Crippen MR) is 74.1 cm³/mol. The lowest BCUT2D eigenvalue weighted by atomic mass is 10.1. The molecule has 18 heavy (non-hydrogen) atoms. The molecule has 0 aliphatic carbocycles. The number of hydroxylamine groups is 3. The van der Waals surface area contributed by atoms with Gasteiger partial charge >= 0.3 is 0 Å². The molecule has 0 amide bonds. The van der Waals surface area contributed by atoms with Gasteiger partial charge in [-0.25, -0.2) is 0 Å². The van der Waals surface area contributed by atoms with Crippen molar-refractivity contribution in [3.8, 4) is 0 Å². The maximum absolute atomic E-state index is 12.5. The lowest BCUT2D eigenvalue weighted by molar-refractivity contribution is -0.885. The molecule has 1 aromatic heterocycles. The Kier molecular flexibility index (Phi) is 3.10. The summed E-state index contributed by atoms with van der Waals surface area (Å²) >= 11 is 0. The lowest BCUT2D eigenvalue weighted by Gasteiger charge is -2.45. The molecule has 1 saturated heterocycles. The van der Waals surface area contributed by atoms with E-state index in [4.69, 9.17) is 0 Å². The Hall–Kier alpha value is -1.32. The van der Waals surface area contributed by atoms with Crippen molar-refractivity contribution in [3.63, 3.8) is 0 Å². The molecule has 0 unspecified atom stereocenters. The molecule has 1 fully saturated rings. The van der Waals surface area contributed by atoms with E-state index in [1.54, 1.807) is 0 Å². The molecule has 0 radical (unpaired) electrons. The van der Waals surface area contributed by atoms with Gasteiger partial charge in [0.05, 0.1) is 19.6 Å². The SMILES string of the molecule is [O-][N+]1(CCc2c[nH]c3ccccc23)CCCCC1. The van der Waals surface area contributed by atoms with E-state index in [0.717, 1.165) is 38.9 Å². The van der Waals surface area contributed by atoms with Crippen molar-refractivity contribution in [1.82, 2.24) is 4.98 Å². The number of aromatic nitrogens is 1. The molecule has 3 heteroatoms. The van der Waals surface area contributed by atoms with Crippen LogP contribution in [0.25, 0.3) is 10.9 Å². The summed E-state index contributed by atoms with van der Waals surface area (Å²) in [6.07, 6.45) is 6.36. The van der Waals surface area contributed by atoms with Crippen LogP contribution in [-0.4, -0.2) is 29.3 Å². The number of nitrogens with one attached hydrogen (secondary N) is 1. The average Bonchev–Trinajstić information content (AvgIpc) is 2.81. The fraction of sp³-hybridized carbons (Fsp3) is 0.467. The summed E-state index contributed by atoms with van der Waals surface area (Å²) in [5.41, 5.74) is 2.45. The molecule has 2 heterocycles. The van der Waals surface area contributed by atoms with E-state index in [-0.39, 0.29) is 4.65 Å². The number of rotatable bonds is 3. The second kappa shape index (κ2) is 4.75. The standard InChI is InChI=1S/C15H20N2O/c18-17(9-4-1-5-10-17)11-8-13-12-16-15-7-3-2-6-14(13)15/h2-3,6-7,12,16H,1,4-5,8-11H2. The zero-order valence-corrected chi connectivity index (χ0v) is 10.7. The molecule has 2 aromatic rings. The molecule has 3 rings (SSSR count). The van der Waals surface area contributed by atoms with Crippen LogP contribution in [0.2, 0.25) is 0 Å². The Morgan fingerprint density at radius 2 is 1.89 bits per heavy atom. The van der Waals surface area contributed by atoms with Crippen molar-refractivity contribution in [2.24, 2.45) is 0 Å². The van der Waals surface area contributed by atoms with Gasteiger partial charge in [-0.05, 0) is 30.9 Å². The Labute approximate surface area is 108 Å². The van der Waals surface area contributed by atoms with Crippen molar-refractivity contribution in [2.45, 2.75) is 25.7 Å². The highest BCUT2D eigenvalue weighted by atomic mass is 16.5.